The average molecular weight is 296 g/mol. The van der Waals surface area contributed by atoms with E-state index in [4.69, 9.17) is 9.47 Å². The normalized spacial score (nSPS) is 13.3. The number of hydrogen-bond acceptors (Lipinski definition) is 3. The monoisotopic (exact) mass is 296 g/mol. The third-order valence-corrected chi connectivity index (χ3v) is 4.15. The Morgan fingerprint density at radius 1 is 1.05 bits per heavy atom. The molecule has 2 aromatic carbocycles. The minimum Gasteiger partial charge on any atom is -0.496 e. The van der Waals surface area contributed by atoms with E-state index < -0.39 is 0 Å². The summed E-state index contributed by atoms with van der Waals surface area (Å²) in [5.41, 5.74) is 4.35. The summed E-state index contributed by atoms with van der Waals surface area (Å²) in [4.78, 5) is 10.9. The van der Waals surface area contributed by atoms with Gasteiger partial charge in [0.05, 0.1) is 7.11 Å². The number of benzene rings is 2. The lowest BCUT2D eigenvalue weighted by molar-refractivity contribution is 0.112. The van der Waals surface area contributed by atoms with Gasteiger partial charge in [-0.05, 0) is 67.1 Å². The van der Waals surface area contributed by atoms with Crippen LogP contribution in [-0.4, -0.2) is 13.4 Å². The zero-order valence-corrected chi connectivity index (χ0v) is 12.8. The van der Waals surface area contributed by atoms with Crippen LogP contribution in [0.5, 0.6) is 11.5 Å². The molecular weight excluding hydrogens is 276 g/mol. The molecule has 0 aliphatic heterocycles. The molecule has 3 nitrogen and oxygen atoms in total. The molecule has 1 aliphatic rings. The molecule has 22 heavy (non-hydrogen) atoms. The highest BCUT2D eigenvalue weighted by molar-refractivity contribution is 5.75. The predicted octanol–water partition coefficient (Wildman–Crippen LogP) is 3.97. The van der Waals surface area contributed by atoms with E-state index in [1.165, 1.54) is 30.4 Å². The molecule has 3 heteroatoms. The molecule has 3 rings (SSSR count). The number of ether oxygens (including phenoxy) is 2. The van der Waals surface area contributed by atoms with Crippen LogP contribution in [0, 0.1) is 0 Å². The van der Waals surface area contributed by atoms with Crippen molar-refractivity contribution in [3.63, 3.8) is 0 Å². The van der Waals surface area contributed by atoms with Crippen molar-refractivity contribution >= 4 is 6.29 Å². The van der Waals surface area contributed by atoms with Crippen molar-refractivity contribution in [1.82, 2.24) is 0 Å². The fourth-order valence-corrected chi connectivity index (χ4v) is 2.95. The maximum atomic E-state index is 10.9. The van der Waals surface area contributed by atoms with Crippen LogP contribution in [0.3, 0.4) is 0 Å². The fraction of sp³-hybridized carbons (Fsp3) is 0.316. The summed E-state index contributed by atoms with van der Waals surface area (Å²) in [6, 6.07) is 11.7. The summed E-state index contributed by atoms with van der Waals surface area (Å²) in [5, 5.41) is 0. The van der Waals surface area contributed by atoms with Gasteiger partial charge in [0.1, 0.15) is 24.4 Å². The van der Waals surface area contributed by atoms with Gasteiger partial charge in [0.2, 0.25) is 0 Å². The number of hydrogen-bond donors (Lipinski definition) is 0. The van der Waals surface area contributed by atoms with Crippen molar-refractivity contribution in [2.75, 3.05) is 7.11 Å². The predicted molar refractivity (Wildman–Crippen MR) is 85.8 cm³/mol. The Kier molecular flexibility index (Phi) is 4.42. The van der Waals surface area contributed by atoms with E-state index in [2.05, 4.69) is 12.1 Å². The Labute approximate surface area is 130 Å². The number of methoxy groups -OCH3 is 1. The molecule has 0 radical (unpaired) electrons. The summed E-state index contributed by atoms with van der Waals surface area (Å²) < 4.78 is 11.2. The standard InChI is InChI=1S/C19H20O3/c1-21-19-9-6-14(12-20)10-17(19)13-22-18-8-7-15-4-2-3-5-16(15)11-18/h6-12H,2-5,13H2,1H3. The lowest BCUT2D eigenvalue weighted by atomic mass is 9.92. The van der Waals surface area contributed by atoms with Gasteiger partial charge in [0, 0.05) is 11.1 Å². The summed E-state index contributed by atoms with van der Waals surface area (Å²) in [7, 11) is 1.62. The van der Waals surface area contributed by atoms with Gasteiger partial charge in [0.25, 0.3) is 0 Å². The average Bonchev–Trinajstić information content (AvgIpc) is 2.59. The first-order valence-corrected chi connectivity index (χ1v) is 7.67. The molecule has 0 aromatic heterocycles. The second-order valence-electron chi connectivity index (χ2n) is 5.62. The Morgan fingerprint density at radius 2 is 1.86 bits per heavy atom. The van der Waals surface area contributed by atoms with Gasteiger partial charge in [-0.15, -0.1) is 0 Å². The summed E-state index contributed by atoms with van der Waals surface area (Å²) in [5.74, 6) is 1.61. The highest BCUT2D eigenvalue weighted by atomic mass is 16.5. The number of carbonyl (C=O) groups is 1. The Bertz CT molecular complexity index is 676. The van der Waals surface area contributed by atoms with Gasteiger partial charge < -0.3 is 9.47 Å². The Balaban J connectivity index is 1.76. The molecule has 0 atom stereocenters. The fourth-order valence-electron chi connectivity index (χ4n) is 2.95. The quantitative estimate of drug-likeness (QED) is 0.783. The first-order valence-electron chi connectivity index (χ1n) is 7.67. The largest absolute Gasteiger partial charge is 0.496 e. The second kappa shape index (κ2) is 6.65. The van der Waals surface area contributed by atoms with Gasteiger partial charge in [-0.1, -0.05) is 6.07 Å². The van der Waals surface area contributed by atoms with Crippen LogP contribution < -0.4 is 9.47 Å². The van der Waals surface area contributed by atoms with Gasteiger partial charge in [-0.25, -0.2) is 0 Å². The highest BCUT2D eigenvalue weighted by Gasteiger charge is 2.11. The molecule has 0 fully saturated rings. The number of rotatable bonds is 5. The second-order valence-corrected chi connectivity index (χ2v) is 5.62. The molecule has 0 spiro atoms. The molecular formula is C19H20O3. The van der Waals surface area contributed by atoms with E-state index in [0.29, 0.717) is 12.2 Å². The third-order valence-electron chi connectivity index (χ3n) is 4.15. The smallest absolute Gasteiger partial charge is 0.150 e. The molecule has 0 saturated heterocycles. The van der Waals surface area contributed by atoms with Crippen LogP contribution in [-0.2, 0) is 19.4 Å². The molecule has 0 amide bonds. The zero-order valence-electron chi connectivity index (χ0n) is 12.8. The maximum Gasteiger partial charge on any atom is 0.150 e. The molecule has 0 bridgehead atoms. The molecule has 1 aliphatic carbocycles. The maximum absolute atomic E-state index is 10.9. The van der Waals surface area contributed by atoms with Crippen LogP contribution in [0.15, 0.2) is 36.4 Å². The molecule has 0 N–H and O–H groups in total. The van der Waals surface area contributed by atoms with Gasteiger partial charge in [0.15, 0.2) is 0 Å². The van der Waals surface area contributed by atoms with E-state index in [1.807, 2.05) is 12.1 Å². The zero-order chi connectivity index (χ0) is 15.4. The first kappa shape index (κ1) is 14.6. The molecule has 0 saturated carbocycles. The van der Waals surface area contributed by atoms with Crippen LogP contribution in [0.2, 0.25) is 0 Å². The van der Waals surface area contributed by atoms with E-state index in [9.17, 15) is 4.79 Å². The molecule has 0 unspecified atom stereocenters. The molecule has 0 heterocycles. The van der Waals surface area contributed by atoms with Crippen molar-refractivity contribution in [3.8, 4) is 11.5 Å². The van der Waals surface area contributed by atoms with Gasteiger partial charge in [-0.3, -0.25) is 4.79 Å². The first-order chi connectivity index (χ1) is 10.8. The van der Waals surface area contributed by atoms with E-state index in [-0.39, 0.29) is 0 Å². The minimum atomic E-state index is 0.393. The Morgan fingerprint density at radius 3 is 2.64 bits per heavy atom. The number of aryl methyl sites for hydroxylation is 2. The van der Waals surface area contributed by atoms with Crippen molar-refractivity contribution in [2.45, 2.75) is 32.3 Å². The van der Waals surface area contributed by atoms with Crippen LogP contribution >= 0.6 is 0 Å². The van der Waals surface area contributed by atoms with Crippen LogP contribution in [0.4, 0.5) is 0 Å². The number of carbonyl (C=O) groups excluding carboxylic acids is 1. The lowest BCUT2D eigenvalue weighted by Crippen LogP contribution is -2.04. The Hall–Kier alpha value is -2.29. The van der Waals surface area contributed by atoms with Gasteiger partial charge >= 0.3 is 0 Å². The van der Waals surface area contributed by atoms with Gasteiger partial charge in [-0.2, -0.15) is 0 Å². The summed E-state index contributed by atoms with van der Waals surface area (Å²) in [6.07, 6.45) is 5.68. The van der Waals surface area contributed by atoms with E-state index in [1.54, 1.807) is 19.2 Å². The van der Waals surface area contributed by atoms with Crippen LogP contribution in [0.1, 0.15) is 39.9 Å². The van der Waals surface area contributed by atoms with Crippen molar-refractivity contribution in [1.29, 1.82) is 0 Å². The summed E-state index contributed by atoms with van der Waals surface area (Å²) in [6.45, 7) is 0.393. The third kappa shape index (κ3) is 3.14. The van der Waals surface area contributed by atoms with E-state index >= 15 is 0 Å². The highest BCUT2D eigenvalue weighted by Crippen LogP contribution is 2.27. The van der Waals surface area contributed by atoms with Crippen molar-refractivity contribution in [2.24, 2.45) is 0 Å². The van der Waals surface area contributed by atoms with Crippen LogP contribution in [0.25, 0.3) is 0 Å². The molecule has 2 aromatic rings. The van der Waals surface area contributed by atoms with Crippen molar-refractivity contribution in [3.05, 3.63) is 58.7 Å². The van der Waals surface area contributed by atoms with Crippen molar-refractivity contribution < 1.29 is 14.3 Å². The number of aldehydes is 1. The van der Waals surface area contributed by atoms with E-state index in [0.717, 1.165) is 29.8 Å². The topological polar surface area (TPSA) is 35.5 Å². The summed E-state index contributed by atoms with van der Waals surface area (Å²) >= 11 is 0. The lowest BCUT2D eigenvalue weighted by Gasteiger charge is -2.17. The number of fused-ring (bicyclic) bond motifs is 1. The SMILES string of the molecule is COc1ccc(C=O)cc1COc1ccc2c(c1)CCCC2. The minimum absolute atomic E-state index is 0.393. The molecule has 114 valence electrons.